The average Bonchev–Trinajstić information content (AvgIpc) is 2.61. The molecule has 0 aliphatic rings. The van der Waals surface area contributed by atoms with Gasteiger partial charge in [0.1, 0.15) is 17.5 Å². The third-order valence-electron chi connectivity index (χ3n) is 3.89. The molecule has 7 nitrogen and oxygen atoms in total. The highest BCUT2D eigenvalue weighted by Gasteiger charge is 2.32. The normalized spacial score (nSPS) is 12.2. The Morgan fingerprint density at radius 3 is 2.11 bits per heavy atom. The molecule has 0 aromatic heterocycles. The molecule has 28 heavy (non-hydrogen) atoms. The van der Waals surface area contributed by atoms with Gasteiger partial charge in [0, 0.05) is 10.0 Å². The van der Waals surface area contributed by atoms with Crippen LogP contribution in [0.5, 0.6) is 11.5 Å². The minimum Gasteiger partial charge on any atom is -0.495 e. The van der Waals surface area contributed by atoms with Crippen molar-refractivity contribution in [2.45, 2.75) is 13.0 Å². The number of halogens is 2. The minimum absolute atomic E-state index is 0.151. The highest BCUT2D eigenvalue weighted by atomic mass is 35.5. The molecule has 0 bridgehead atoms. The Bertz CT molecular complexity index is 982. The van der Waals surface area contributed by atoms with Gasteiger partial charge in [-0.1, -0.05) is 23.2 Å². The van der Waals surface area contributed by atoms with Crippen molar-refractivity contribution in [3.63, 3.8) is 0 Å². The Morgan fingerprint density at radius 1 is 1.04 bits per heavy atom. The molecule has 0 fully saturated rings. The first-order chi connectivity index (χ1) is 13.1. The standard InChI is InChI=1S/C18H20Cl2N2O5S/c1-11(18(23)21-14-9-12(19)5-7-16(14)26-2)22(28(4,24)25)15-10-13(20)6-8-17(15)27-3/h5-11H,1-4H3,(H,21,23)/t11-/m0/s1. The van der Waals surface area contributed by atoms with E-state index in [0.29, 0.717) is 21.5 Å². The molecule has 1 atom stereocenters. The number of amides is 1. The van der Waals surface area contributed by atoms with E-state index >= 15 is 0 Å². The summed E-state index contributed by atoms with van der Waals surface area (Å²) >= 11 is 12.0. The molecule has 0 spiro atoms. The molecule has 0 radical (unpaired) electrons. The van der Waals surface area contributed by atoms with Crippen LogP contribution in [-0.4, -0.2) is 40.8 Å². The van der Waals surface area contributed by atoms with Crippen LogP contribution in [0.15, 0.2) is 36.4 Å². The van der Waals surface area contributed by atoms with Gasteiger partial charge in [-0.15, -0.1) is 0 Å². The summed E-state index contributed by atoms with van der Waals surface area (Å²) in [7, 11) is -1.01. The topological polar surface area (TPSA) is 84.9 Å². The Morgan fingerprint density at radius 2 is 1.57 bits per heavy atom. The van der Waals surface area contributed by atoms with Crippen LogP contribution in [0.25, 0.3) is 0 Å². The van der Waals surface area contributed by atoms with Gasteiger partial charge in [0.15, 0.2) is 0 Å². The summed E-state index contributed by atoms with van der Waals surface area (Å²) in [5.74, 6) is 0.0547. The number of benzene rings is 2. The Hall–Kier alpha value is -2.16. The van der Waals surface area contributed by atoms with E-state index in [1.165, 1.54) is 39.3 Å². The van der Waals surface area contributed by atoms with Crippen molar-refractivity contribution >= 4 is 50.5 Å². The molecule has 0 saturated carbocycles. The summed E-state index contributed by atoms with van der Waals surface area (Å²) in [6, 6.07) is 8.11. The molecule has 1 amide bonds. The van der Waals surface area contributed by atoms with Crippen molar-refractivity contribution in [3.05, 3.63) is 46.4 Å². The molecular formula is C18H20Cl2N2O5S. The lowest BCUT2D eigenvalue weighted by molar-refractivity contribution is -0.116. The number of carbonyl (C=O) groups excluding carboxylic acids is 1. The highest BCUT2D eigenvalue weighted by Crippen LogP contribution is 2.35. The molecular weight excluding hydrogens is 427 g/mol. The fourth-order valence-electron chi connectivity index (χ4n) is 2.63. The molecule has 2 aromatic carbocycles. The van der Waals surface area contributed by atoms with Crippen LogP contribution in [0.1, 0.15) is 6.92 Å². The van der Waals surface area contributed by atoms with Crippen LogP contribution in [-0.2, 0) is 14.8 Å². The Kier molecular flexibility index (Phi) is 7.03. The maximum atomic E-state index is 12.8. The van der Waals surface area contributed by atoms with Crippen molar-refractivity contribution in [2.24, 2.45) is 0 Å². The number of methoxy groups -OCH3 is 2. The number of nitrogens with one attached hydrogen (secondary N) is 1. The second kappa shape index (κ2) is 8.89. The summed E-state index contributed by atoms with van der Waals surface area (Å²) in [6.45, 7) is 1.45. The predicted octanol–water partition coefficient (Wildman–Crippen LogP) is 3.80. The number of hydrogen-bond donors (Lipinski definition) is 1. The second-order valence-corrected chi connectivity index (χ2v) is 8.62. The Balaban J connectivity index is 2.45. The SMILES string of the molecule is COc1ccc(Cl)cc1NC(=O)[C@H](C)N(c1cc(Cl)ccc1OC)S(C)(=O)=O. The van der Waals surface area contributed by atoms with Gasteiger partial charge >= 0.3 is 0 Å². The Labute approximate surface area is 174 Å². The number of nitrogens with zero attached hydrogens (tertiary/aromatic N) is 1. The van der Waals surface area contributed by atoms with Crippen molar-refractivity contribution in [1.82, 2.24) is 0 Å². The summed E-state index contributed by atoms with van der Waals surface area (Å²) in [5.41, 5.74) is 0.469. The van der Waals surface area contributed by atoms with Crippen LogP contribution in [0, 0.1) is 0 Å². The van der Waals surface area contributed by atoms with Crippen molar-refractivity contribution < 1.29 is 22.7 Å². The fourth-order valence-corrected chi connectivity index (χ4v) is 4.14. The predicted molar refractivity (Wildman–Crippen MR) is 111 cm³/mol. The highest BCUT2D eigenvalue weighted by molar-refractivity contribution is 7.92. The third kappa shape index (κ3) is 5.01. The maximum absolute atomic E-state index is 12.8. The number of sulfonamides is 1. The summed E-state index contributed by atoms with van der Waals surface area (Å²) in [4.78, 5) is 12.8. The summed E-state index contributed by atoms with van der Waals surface area (Å²) in [6.07, 6.45) is 0.997. The van der Waals surface area contributed by atoms with E-state index in [1.54, 1.807) is 18.2 Å². The monoisotopic (exact) mass is 446 g/mol. The largest absolute Gasteiger partial charge is 0.495 e. The lowest BCUT2D eigenvalue weighted by atomic mass is 10.2. The second-order valence-electron chi connectivity index (χ2n) is 5.88. The van der Waals surface area contributed by atoms with Crippen molar-refractivity contribution in [1.29, 1.82) is 0 Å². The zero-order valence-corrected chi connectivity index (χ0v) is 18.0. The van der Waals surface area contributed by atoms with Gasteiger partial charge in [-0.25, -0.2) is 8.42 Å². The molecule has 1 N–H and O–H groups in total. The lowest BCUT2D eigenvalue weighted by Crippen LogP contribution is -2.45. The van der Waals surface area contributed by atoms with Gasteiger partial charge in [-0.3, -0.25) is 9.10 Å². The third-order valence-corrected chi connectivity index (χ3v) is 5.58. The summed E-state index contributed by atoms with van der Waals surface area (Å²) < 4.78 is 36.4. The van der Waals surface area contributed by atoms with E-state index in [9.17, 15) is 13.2 Å². The van der Waals surface area contributed by atoms with E-state index in [0.717, 1.165) is 10.6 Å². The smallest absolute Gasteiger partial charge is 0.248 e. The van der Waals surface area contributed by atoms with Crippen LogP contribution in [0.2, 0.25) is 10.0 Å². The number of rotatable bonds is 7. The van der Waals surface area contributed by atoms with Gasteiger partial charge in [0.05, 0.1) is 31.9 Å². The van der Waals surface area contributed by atoms with Gasteiger partial charge < -0.3 is 14.8 Å². The van der Waals surface area contributed by atoms with Crippen molar-refractivity contribution in [2.75, 3.05) is 30.1 Å². The minimum atomic E-state index is -3.85. The van der Waals surface area contributed by atoms with E-state index in [4.69, 9.17) is 32.7 Å². The van der Waals surface area contributed by atoms with Gasteiger partial charge in [-0.05, 0) is 43.3 Å². The van der Waals surface area contributed by atoms with Gasteiger partial charge in [0.2, 0.25) is 15.9 Å². The first-order valence-corrected chi connectivity index (χ1v) is 10.7. The van der Waals surface area contributed by atoms with Gasteiger partial charge in [0.25, 0.3) is 0 Å². The van der Waals surface area contributed by atoms with E-state index < -0.39 is 22.0 Å². The number of ether oxygens (including phenoxy) is 2. The summed E-state index contributed by atoms with van der Waals surface area (Å²) in [5, 5.41) is 3.34. The first-order valence-electron chi connectivity index (χ1n) is 8.05. The van der Waals surface area contributed by atoms with E-state index in [1.807, 2.05) is 0 Å². The van der Waals surface area contributed by atoms with Crippen LogP contribution >= 0.6 is 23.2 Å². The van der Waals surface area contributed by atoms with E-state index in [-0.39, 0.29) is 11.4 Å². The molecule has 0 aliphatic heterocycles. The molecule has 0 unspecified atom stereocenters. The molecule has 2 aromatic rings. The van der Waals surface area contributed by atoms with Crippen LogP contribution in [0.3, 0.4) is 0 Å². The first kappa shape index (κ1) is 22.1. The zero-order chi connectivity index (χ0) is 21.1. The molecule has 152 valence electrons. The molecule has 0 heterocycles. The van der Waals surface area contributed by atoms with Crippen LogP contribution < -0.4 is 19.1 Å². The number of hydrogen-bond acceptors (Lipinski definition) is 5. The maximum Gasteiger partial charge on any atom is 0.248 e. The van der Waals surface area contributed by atoms with Crippen LogP contribution in [0.4, 0.5) is 11.4 Å². The molecule has 10 heteroatoms. The number of anilines is 2. The van der Waals surface area contributed by atoms with E-state index in [2.05, 4.69) is 5.32 Å². The lowest BCUT2D eigenvalue weighted by Gasteiger charge is -2.29. The average molecular weight is 447 g/mol. The molecule has 0 aliphatic carbocycles. The van der Waals surface area contributed by atoms with Crippen molar-refractivity contribution in [3.8, 4) is 11.5 Å². The molecule has 0 saturated heterocycles. The number of carbonyl (C=O) groups is 1. The quantitative estimate of drug-likeness (QED) is 0.698. The van der Waals surface area contributed by atoms with Gasteiger partial charge in [-0.2, -0.15) is 0 Å². The fraction of sp³-hybridized carbons (Fsp3) is 0.278. The zero-order valence-electron chi connectivity index (χ0n) is 15.7. The molecule has 2 rings (SSSR count).